The molecule has 4 N–H and O–H groups in total. The van der Waals surface area contributed by atoms with Gasteiger partial charge in [0.2, 0.25) is 0 Å². The number of aromatic amines is 1. The second kappa shape index (κ2) is 8.50. The zero-order valence-electron chi connectivity index (χ0n) is 16.9. The maximum atomic E-state index is 12.3. The number of aromatic nitrogens is 4. The molecule has 0 radical (unpaired) electrons. The molecule has 2 rings (SSSR count). The molecule has 0 aliphatic carbocycles. The first-order valence-corrected chi connectivity index (χ1v) is 8.88. The Morgan fingerprint density at radius 2 is 2.00 bits per heavy atom. The van der Waals surface area contributed by atoms with E-state index >= 15 is 0 Å². The van der Waals surface area contributed by atoms with Crippen LogP contribution in [0.3, 0.4) is 0 Å². The van der Waals surface area contributed by atoms with Crippen LogP contribution in [0, 0.1) is 11.8 Å². The van der Waals surface area contributed by atoms with Crippen molar-refractivity contribution in [1.82, 2.24) is 24.4 Å². The lowest BCUT2D eigenvalue weighted by atomic mass is 10.2. The number of H-pyrrole nitrogens is 1. The number of fused-ring (bicyclic) bond motifs is 1. The number of nitrogens with zero attached hydrogens (tertiary/aromatic N) is 3. The molecular formula is C18H25N5O6. The number of carbonyl (C=O) groups is 1. The van der Waals surface area contributed by atoms with Gasteiger partial charge in [-0.15, -0.1) is 5.92 Å². The average molecular weight is 407 g/mol. The maximum absolute atomic E-state index is 12.3. The van der Waals surface area contributed by atoms with Crippen molar-refractivity contribution >= 4 is 17.3 Å². The van der Waals surface area contributed by atoms with Crippen molar-refractivity contribution in [3.63, 3.8) is 0 Å². The maximum Gasteiger partial charge on any atom is 0.407 e. The summed E-state index contributed by atoms with van der Waals surface area (Å²) in [6, 6.07) is 0. The predicted molar refractivity (Wildman–Crippen MR) is 104 cm³/mol. The first-order chi connectivity index (χ1) is 13.5. The molecule has 29 heavy (non-hydrogen) atoms. The van der Waals surface area contributed by atoms with Crippen molar-refractivity contribution in [2.75, 3.05) is 6.54 Å². The number of nitrogens with one attached hydrogen (secondary N) is 2. The van der Waals surface area contributed by atoms with Gasteiger partial charge in [0.05, 0.1) is 6.54 Å². The van der Waals surface area contributed by atoms with Gasteiger partial charge in [-0.25, -0.2) is 14.6 Å². The van der Waals surface area contributed by atoms with Crippen molar-refractivity contribution in [2.45, 2.75) is 52.0 Å². The monoisotopic (exact) mass is 407 g/mol. The number of alkyl carbamates (subject to hydrolysis) is 1. The molecule has 158 valence electrons. The fourth-order valence-corrected chi connectivity index (χ4v) is 2.58. The number of carbonyl (C=O) groups excluding carboxylic acids is 1. The molecule has 0 spiro atoms. The van der Waals surface area contributed by atoms with Gasteiger partial charge in [-0.2, -0.15) is 0 Å². The number of aliphatic hydroxyl groups excluding tert-OH is 2. The van der Waals surface area contributed by atoms with Crippen LogP contribution in [0.2, 0.25) is 0 Å². The van der Waals surface area contributed by atoms with Crippen molar-refractivity contribution in [2.24, 2.45) is 7.05 Å². The molecule has 2 aromatic rings. The first kappa shape index (κ1) is 22.2. The third kappa shape index (κ3) is 5.04. The molecule has 2 atom stereocenters. The summed E-state index contributed by atoms with van der Waals surface area (Å²) in [5.74, 6) is 5.38. The fraction of sp³-hybridized carbons (Fsp3) is 0.556. The molecule has 0 aromatic carbocycles. The molecule has 0 aliphatic rings. The molecule has 11 heteroatoms. The quantitative estimate of drug-likeness (QED) is 0.482. The summed E-state index contributed by atoms with van der Waals surface area (Å²) in [6.07, 6.45) is -3.78. The summed E-state index contributed by atoms with van der Waals surface area (Å²) in [5.41, 5.74) is -1.99. The number of aliphatic hydroxyl groups is 2. The number of rotatable bonds is 5. The Balaban J connectivity index is 2.37. The smallest absolute Gasteiger partial charge is 0.407 e. The molecule has 2 aromatic heterocycles. The highest BCUT2D eigenvalue weighted by molar-refractivity contribution is 5.71. The van der Waals surface area contributed by atoms with Crippen LogP contribution < -0.4 is 16.6 Å². The molecule has 0 fully saturated rings. The summed E-state index contributed by atoms with van der Waals surface area (Å²) in [7, 11) is 1.42. The zero-order chi connectivity index (χ0) is 21.9. The van der Waals surface area contributed by atoms with E-state index in [9.17, 15) is 24.6 Å². The Labute approximate surface area is 166 Å². The Hall–Kier alpha value is -3.10. The van der Waals surface area contributed by atoms with Crippen molar-refractivity contribution in [1.29, 1.82) is 0 Å². The van der Waals surface area contributed by atoms with Crippen molar-refractivity contribution in [3.05, 3.63) is 26.7 Å². The molecule has 0 saturated carbocycles. The Bertz CT molecular complexity index is 1080. The minimum atomic E-state index is -1.56. The molecule has 2 heterocycles. The van der Waals surface area contributed by atoms with Gasteiger partial charge in [0.15, 0.2) is 11.2 Å². The Morgan fingerprint density at radius 1 is 1.34 bits per heavy atom. The van der Waals surface area contributed by atoms with Gasteiger partial charge >= 0.3 is 11.8 Å². The number of amides is 1. The highest BCUT2D eigenvalue weighted by Gasteiger charge is 2.28. The van der Waals surface area contributed by atoms with Crippen LogP contribution in [-0.4, -0.2) is 53.7 Å². The van der Waals surface area contributed by atoms with E-state index in [1.807, 2.05) is 0 Å². The summed E-state index contributed by atoms with van der Waals surface area (Å²) in [6.45, 7) is 6.36. The van der Waals surface area contributed by atoms with Crippen LogP contribution in [0.4, 0.5) is 4.79 Å². The van der Waals surface area contributed by atoms with Crippen LogP contribution in [-0.2, 0) is 18.3 Å². The normalized spacial score (nSPS) is 13.5. The van der Waals surface area contributed by atoms with Gasteiger partial charge in [0.25, 0.3) is 5.56 Å². The van der Waals surface area contributed by atoms with Crippen LogP contribution >= 0.6 is 0 Å². The standard InChI is InChI=1S/C18H25N5O6/c1-6-7-8-23-11-13(22(5)16(27)21-15(11)26)20-14(23)12(25)10(24)9-19-17(28)29-18(2,3)4/h10,12,24-25H,8-9H2,1-5H3,(H,19,28)(H,21,26,27). The topological polar surface area (TPSA) is 151 Å². The lowest BCUT2D eigenvalue weighted by molar-refractivity contribution is 0.00733. The molecule has 2 unspecified atom stereocenters. The van der Waals surface area contributed by atoms with E-state index in [0.717, 1.165) is 4.57 Å². The van der Waals surface area contributed by atoms with E-state index in [-0.39, 0.29) is 30.1 Å². The summed E-state index contributed by atoms with van der Waals surface area (Å²) in [4.78, 5) is 42.2. The molecule has 1 amide bonds. The van der Waals surface area contributed by atoms with E-state index in [1.54, 1.807) is 27.7 Å². The van der Waals surface area contributed by atoms with Gasteiger partial charge in [-0.05, 0) is 27.7 Å². The van der Waals surface area contributed by atoms with E-state index < -0.39 is 35.2 Å². The third-order valence-corrected chi connectivity index (χ3v) is 3.93. The number of ether oxygens (including phenoxy) is 1. The zero-order valence-corrected chi connectivity index (χ0v) is 16.9. The molecular weight excluding hydrogens is 382 g/mol. The Morgan fingerprint density at radius 3 is 2.59 bits per heavy atom. The van der Waals surface area contributed by atoms with Crippen LogP contribution in [0.1, 0.15) is 39.6 Å². The summed E-state index contributed by atoms with van der Waals surface area (Å²) >= 11 is 0. The molecule has 0 bridgehead atoms. The SMILES string of the molecule is CC#CCn1c(C(O)C(O)CNC(=O)OC(C)(C)C)nc2c1c(=O)[nH]c(=O)n2C. The fourth-order valence-electron chi connectivity index (χ4n) is 2.58. The predicted octanol–water partition coefficient (Wildman–Crippen LogP) is -0.634. The largest absolute Gasteiger partial charge is 0.444 e. The number of imidazole rings is 1. The first-order valence-electron chi connectivity index (χ1n) is 8.88. The second-order valence-electron chi connectivity index (χ2n) is 7.37. The molecule has 0 saturated heterocycles. The van der Waals surface area contributed by atoms with Gasteiger partial charge in [0.1, 0.15) is 23.6 Å². The minimum Gasteiger partial charge on any atom is -0.444 e. The lowest BCUT2D eigenvalue weighted by Crippen LogP contribution is -2.39. The van der Waals surface area contributed by atoms with Gasteiger partial charge in [0, 0.05) is 13.6 Å². The van der Waals surface area contributed by atoms with Crippen molar-refractivity contribution < 1.29 is 19.7 Å². The highest BCUT2D eigenvalue weighted by atomic mass is 16.6. The molecule has 11 nitrogen and oxygen atoms in total. The van der Waals surface area contributed by atoms with Gasteiger partial charge in [-0.3, -0.25) is 14.3 Å². The summed E-state index contributed by atoms with van der Waals surface area (Å²) < 4.78 is 7.52. The minimum absolute atomic E-state index is 0.00684. The van der Waals surface area contributed by atoms with E-state index in [0.29, 0.717) is 0 Å². The second-order valence-corrected chi connectivity index (χ2v) is 7.37. The van der Waals surface area contributed by atoms with E-state index in [4.69, 9.17) is 4.74 Å². The van der Waals surface area contributed by atoms with E-state index in [2.05, 4.69) is 27.1 Å². The summed E-state index contributed by atoms with van der Waals surface area (Å²) in [5, 5.41) is 23.3. The molecule has 0 aliphatic heterocycles. The highest BCUT2D eigenvalue weighted by Crippen LogP contribution is 2.20. The Kier molecular flexibility index (Phi) is 6.51. The van der Waals surface area contributed by atoms with Crippen molar-refractivity contribution in [3.8, 4) is 11.8 Å². The van der Waals surface area contributed by atoms with Crippen LogP contribution in [0.25, 0.3) is 11.2 Å². The average Bonchev–Trinajstić information content (AvgIpc) is 3.00. The number of aryl methyl sites for hydroxylation is 1. The lowest BCUT2D eigenvalue weighted by Gasteiger charge is -2.22. The number of hydrogen-bond acceptors (Lipinski definition) is 7. The van der Waals surface area contributed by atoms with Crippen LogP contribution in [0.5, 0.6) is 0 Å². The van der Waals surface area contributed by atoms with Gasteiger partial charge < -0.3 is 24.8 Å². The van der Waals surface area contributed by atoms with Gasteiger partial charge in [-0.1, -0.05) is 5.92 Å². The van der Waals surface area contributed by atoms with Crippen LogP contribution in [0.15, 0.2) is 9.59 Å². The van der Waals surface area contributed by atoms with E-state index in [1.165, 1.54) is 11.6 Å². The third-order valence-electron chi connectivity index (χ3n) is 3.93. The number of hydrogen-bond donors (Lipinski definition) is 4.